The number of aryl methyl sites for hydroxylation is 1. The maximum absolute atomic E-state index is 5.97. The molecule has 1 aromatic heterocycles. The minimum absolute atomic E-state index is 0.488. The van der Waals surface area contributed by atoms with Gasteiger partial charge in [-0.2, -0.15) is 15.0 Å². The van der Waals surface area contributed by atoms with Crippen molar-refractivity contribution >= 4 is 5.69 Å². The number of nitrogen functional groups attached to an aromatic ring is 1. The Bertz CT molecular complexity index is 551. The van der Waals surface area contributed by atoms with Gasteiger partial charge in [0, 0.05) is 19.7 Å². The van der Waals surface area contributed by atoms with Gasteiger partial charge in [0.25, 0.3) is 0 Å². The van der Waals surface area contributed by atoms with Crippen molar-refractivity contribution in [3.05, 3.63) is 23.9 Å². The zero-order valence-corrected chi connectivity index (χ0v) is 10.7. The van der Waals surface area contributed by atoms with Crippen LogP contribution in [0.2, 0.25) is 0 Å². The maximum atomic E-state index is 5.97. The van der Waals surface area contributed by atoms with Crippen molar-refractivity contribution in [3.63, 3.8) is 0 Å². The second kappa shape index (κ2) is 5.05. The van der Waals surface area contributed by atoms with Crippen molar-refractivity contribution in [2.75, 3.05) is 20.0 Å². The van der Waals surface area contributed by atoms with Gasteiger partial charge in [-0.1, -0.05) is 0 Å². The lowest BCUT2D eigenvalue weighted by Gasteiger charge is -2.11. The number of benzene rings is 1. The van der Waals surface area contributed by atoms with E-state index in [4.69, 9.17) is 15.2 Å². The summed E-state index contributed by atoms with van der Waals surface area (Å²) >= 11 is 0. The Morgan fingerprint density at radius 3 is 2.67 bits per heavy atom. The third kappa shape index (κ3) is 2.28. The molecular formula is C12H16N4O2. The van der Waals surface area contributed by atoms with E-state index in [1.165, 1.54) is 4.80 Å². The zero-order chi connectivity index (χ0) is 13.1. The van der Waals surface area contributed by atoms with Crippen LogP contribution in [0.4, 0.5) is 5.69 Å². The first-order chi connectivity index (χ1) is 8.65. The van der Waals surface area contributed by atoms with Crippen molar-refractivity contribution in [1.82, 2.24) is 15.0 Å². The molecule has 0 fully saturated rings. The van der Waals surface area contributed by atoms with E-state index in [2.05, 4.69) is 10.2 Å². The summed E-state index contributed by atoms with van der Waals surface area (Å²) in [6.07, 6.45) is 1.67. The molecule has 0 aliphatic rings. The van der Waals surface area contributed by atoms with Crippen molar-refractivity contribution < 1.29 is 9.47 Å². The summed E-state index contributed by atoms with van der Waals surface area (Å²) < 4.78 is 10.4. The highest BCUT2D eigenvalue weighted by atomic mass is 16.5. The van der Waals surface area contributed by atoms with Crippen molar-refractivity contribution in [1.29, 1.82) is 0 Å². The summed E-state index contributed by atoms with van der Waals surface area (Å²) in [5, 5.41) is 8.31. The molecule has 0 radical (unpaired) electrons. The molecule has 1 aromatic carbocycles. The number of hydrogen-bond donors (Lipinski definition) is 1. The molecule has 2 rings (SSSR count). The average Bonchev–Trinajstić information content (AvgIpc) is 2.75. The van der Waals surface area contributed by atoms with Gasteiger partial charge < -0.3 is 15.2 Å². The molecule has 0 saturated carbocycles. The number of anilines is 1. The highest BCUT2D eigenvalue weighted by Crippen LogP contribution is 2.35. The summed E-state index contributed by atoms with van der Waals surface area (Å²) in [4.78, 5) is 1.49. The lowest BCUT2D eigenvalue weighted by Crippen LogP contribution is -1.99. The van der Waals surface area contributed by atoms with Crippen LogP contribution in [0.1, 0.15) is 5.56 Å². The number of nitrogens with two attached hydrogens (primary N) is 1. The summed E-state index contributed by atoms with van der Waals surface area (Å²) in [7, 11) is 4.99. The fourth-order valence-corrected chi connectivity index (χ4v) is 1.85. The monoisotopic (exact) mass is 248 g/mol. The fraction of sp³-hybridized carbons (Fsp3) is 0.333. The summed E-state index contributed by atoms with van der Waals surface area (Å²) in [6.45, 7) is 0.488. The topological polar surface area (TPSA) is 75.2 Å². The molecule has 0 unspecified atom stereocenters. The third-order valence-electron chi connectivity index (χ3n) is 2.57. The highest BCUT2D eigenvalue weighted by Gasteiger charge is 2.14. The minimum atomic E-state index is 0.488. The molecule has 2 N–H and O–H groups in total. The van der Waals surface area contributed by atoms with E-state index >= 15 is 0 Å². The van der Waals surface area contributed by atoms with Gasteiger partial charge in [0.2, 0.25) is 0 Å². The SMILES string of the molecule is COCc1cc(N)c(OC)c(-c2cnn(C)n2)c1. The maximum Gasteiger partial charge on any atom is 0.151 e. The van der Waals surface area contributed by atoms with Crippen LogP contribution >= 0.6 is 0 Å². The number of hydrogen-bond acceptors (Lipinski definition) is 5. The van der Waals surface area contributed by atoms with Crippen molar-refractivity contribution in [2.24, 2.45) is 7.05 Å². The molecule has 0 bridgehead atoms. The Hall–Kier alpha value is -2.08. The Morgan fingerprint density at radius 2 is 2.11 bits per heavy atom. The first-order valence-electron chi connectivity index (χ1n) is 5.47. The van der Waals surface area contributed by atoms with Crippen LogP contribution in [-0.2, 0) is 18.4 Å². The zero-order valence-electron chi connectivity index (χ0n) is 10.7. The van der Waals surface area contributed by atoms with Gasteiger partial charge in [0.1, 0.15) is 5.69 Å². The molecule has 6 nitrogen and oxygen atoms in total. The molecule has 0 saturated heterocycles. The molecule has 6 heteroatoms. The first-order valence-corrected chi connectivity index (χ1v) is 5.47. The fourth-order valence-electron chi connectivity index (χ4n) is 1.85. The highest BCUT2D eigenvalue weighted by molar-refractivity contribution is 5.75. The molecule has 0 spiro atoms. The largest absolute Gasteiger partial charge is 0.494 e. The molecule has 0 aliphatic carbocycles. The Kier molecular flexibility index (Phi) is 3.47. The van der Waals surface area contributed by atoms with Gasteiger partial charge in [-0.25, -0.2) is 0 Å². The minimum Gasteiger partial charge on any atom is -0.494 e. The van der Waals surface area contributed by atoms with Crippen LogP contribution in [0.15, 0.2) is 18.3 Å². The number of nitrogens with zero attached hydrogens (tertiary/aromatic N) is 3. The van der Waals surface area contributed by atoms with Crippen molar-refractivity contribution in [3.8, 4) is 17.0 Å². The lowest BCUT2D eigenvalue weighted by atomic mass is 10.1. The van der Waals surface area contributed by atoms with Gasteiger partial charge in [-0.3, -0.25) is 0 Å². The van der Waals surface area contributed by atoms with Crippen LogP contribution in [0, 0.1) is 0 Å². The summed E-state index contributed by atoms with van der Waals surface area (Å²) in [5.74, 6) is 0.607. The molecule has 2 aromatic rings. The number of ether oxygens (including phenoxy) is 2. The van der Waals surface area contributed by atoms with E-state index in [1.54, 1.807) is 27.5 Å². The Labute approximate surface area is 105 Å². The number of aromatic nitrogens is 3. The number of methoxy groups -OCH3 is 2. The first kappa shape index (κ1) is 12.4. The van der Waals surface area contributed by atoms with E-state index in [0.717, 1.165) is 16.8 Å². The molecule has 1 heterocycles. The lowest BCUT2D eigenvalue weighted by molar-refractivity contribution is 0.185. The second-order valence-corrected chi connectivity index (χ2v) is 3.92. The molecule has 0 aliphatic heterocycles. The molecule has 0 atom stereocenters. The van der Waals surface area contributed by atoms with Crippen LogP contribution in [0.5, 0.6) is 5.75 Å². The molecular weight excluding hydrogens is 232 g/mol. The Morgan fingerprint density at radius 1 is 1.33 bits per heavy atom. The van der Waals surface area contributed by atoms with Gasteiger partial charge in [0.05, 0.1) is 25.6 Å². The van der Waals surface area contributed by atoms with Crippen LogP contribution in [-0.4, -0.2) is 29.2 Å². The van der Waals surface area contributed by atoms with E-state index < -0.39 is 0 Å². The molecule has 96 valence electrons. The predicted molar refractivity (Wildman–Crippen MR) is 68.1 cm³/mol. The molecule has 0 amide bonds. The second-order valence-electron chi connectivity index (χ2n) is 3.92. The predicted octanol–water partition coefficient (Wildman–Crippen LogP) is 1.22. The van der Waals surface area contributed by atoms with E-state index in [1.807, 2.05) is 12.1 Å². The quantitative estimate of drug-likeness (QED) is 0.823. The Balaban J connectivity index is 2.55. The van der Waals surface area contributed by atoms with E-state index in [0.29, 0.717) is 18.0 Å². The van der Waals surface area contributed by atoms with Crippen LogP contribution in [0.3, 0.4) is 0 Å². The average molecular weight is 248 g/mol. The van der Waals surface area contributed by atoms with Gasteiger partial charge in [-0.15, -0.1) is 0 Å². The summed E-state index contributed by atoms with van der Waals surface area (Å²) in [5.41, 5.74) is 9.04. The number of rotatable bonds is 4. The smallest absolute Gasteiger partial charge is 0.151 e. The summed E-state index contributed by atoms with van der Waals surface area (Å²) in [6, 6.07) is 3.78. The van der Waals surface area contributed by atoms with E-state index in [-0.39, 0.29) is 0 Å². The third-order valence-corrected chi connectivity index (χ3v) is 2.57. The van der Waals surface area contributed by atoms with Gasteiger partial charge in [0.15, 0.2) is 5.75 Å². The van der Waals surface area contributed by atoms with Crippen LogP contribution < -0.4 is 10.5 Å². The standard InChI is InChI=1S/C12H16N4O2/c1-16-14-6-11(15-16)9-4-8(7-17-2)5-10(13)12(9)18-3/h4-6H,7,13H2,1-3H3. The van der Waals surface area contributed by atoms with Crippen LogP contribution in [0.25, 0.3) is 11.3 Å². The van der Waals surface area contributed by atoms with E-state index in [9.17, 15) is 0 Å². The van der Waals surface area contributed by atoms with Crippen molar-refractivity contribution in [2.45, 2.75) is 6.61 Å². The van der Waals surface area contributed by atoms with Gasteiger partial charge >= 0.3 is 0 Å². The molecule has 18 heavy (non-hydrogen) atoms. The van der Waals surface area contributed by atoms with Gasteiger partial charge in [-0.05, 0) is 17.7 Å². The normalized spacial score (nSPS) is 10.6.